The highest BCUT2D eigenvalue weighted by Gasteiger charge is 2.26. The van der Waals surface area contributed by atoms with Gasteiger partial charge in [-0.25, -0.2) is 0 Å². The van der Waals surface area contributed by atoms with E-state index >= 15 is 0 Å². The molecule has 0 bridgehead atoms. The van der Waals surface area contributed by atoms with E-state index in [0.29, 0.717) is 44.5 Å². The van der Waals surface area contributed by atoms with Crippen molar-refractivity contribution < 1.29 is 23.8 Å². The number of thioether (sulfide) groups is 1. The Labute approximate surface area is 217 Å². The van der Waals surface area contributed by atoms with Crippen LogP contribution in [0, 0.1) is 5.92 Å². The maximum Gasteiger partial charge on any atom is 0.252 e. The monoisotopic (exact) mass is 531 g/mol. The van der Waals surface area contributed by atoms with Gasteiger partial charge in [-0.1, -0.05) is 37.2 Å². The number of methoxy groups -OCH3 is 1. The summed E-state index contributed by atoms with van der Waals surface area (Å²) in [4.78, 5) is 25.5. The Hall–Kier alpha value is -3.44. The van der Waals surface area contributed by atoms with E-state index in [-0.39, 0.29) is 30.3 Å². The lowest BCUT2D eigenvalue weighted by molar-refractivity contribution is -0.113. The molecule has 10 nitrogen and oxygen atoms in total. The van der Waals surface area contributed by atoms with Gasteiger partial charge >= 0.3 is 0 Å². The predicted octanol–water partition coefficient (Wildman–Crippen LogP) is 4.06. The standard InChI is InChI=1S/C24H26ClN5O5S/c1-13(2)21(27-23(32)14-5-7-18-19(9-14)35-12-34-18)22-28-29-24(30(22)3)36-11-20(31)26-16-10-15(25)6-8-17(16)33-4/h5-10,13,21H,11-12H2,1-4H3,(H,26,31)(H,27,32). The van der Waals surface area contributed by atoms with E-state index in [9.17, 15) is 9.59 Å². The maximum atomic E-state index is 13.0. The highest BCUT2D eigenvalue weighted by Crippen LogP contribution is 2.33. The summed E-state index contributed by atoms with van der Waals surface area (Å²) < 4.78 is 17.7. The Morgan fingerprint density at radius 2 is 1.94 bits per heavy atom. The quantitative estimate of drug-likeness (QED) is 0.397. The molecule has 1 aliphatic heterocycles. The van der Waals surface area contributed by atoms with Gasteiger partial charge in [0, 0.05) is 17.6 Å². The van der Waals surface area contributed by atoms with E-state index < -0.39 is 6.04 Å². The number of anilines is 1. The second-order valence-electron chi connectivity index (χ2n) is 8.34. The van der Waals surface area contributed by atoms with Crippen LogP contribution in [0.1, 0.15) is 36.1 Å². The largest absolute Gasteiger partial charge is 0.495 e. The fourth-order valence-corrected chi connectivity index (χ4v) is 4.50. The second kappa shape index (κ2) is 11.1. The Balaban J connectivity index is 1.42. The molecule has 2 N–H and O–H groups in total. The summed E-state index contributed by atoms with van der Waals surface area (Å²) in [5.41, 5.74) is 0.940. The third kappa shape index (κ3) is 5.68. The third-order valence-electron chi connectivity index (χ3n) is 5.50. The zero-order chi connectivity index (χ0) is 25.8. The van der Waals surface area contributed by atoms with E-state index in [1.165, 1.54) is 18.9 Å². The van der Waals surface area contributed by atoms with Gasteiger partial charge in [0.2, 0.25) is 12.7 Å². The highest BCUT2D eigenvalue weighted by atomic mass is 35.5. The fourth-order valence-electron chi connectivity index (χ4n) is 3.61. The highest BCUT2D eigenvalue weighted by molar-refractivity contribution is 7.99. The predicted molar refractivity (Wildman–Crippen MR) is 136 cm³/mol. The minimum absolute atomic E-state index is 0.0299. The molecule has 0 saturated heterocycles. The molecule has 0 spiro atoms. The van der Waals surface area contributed by atoms with Gasteiger partial charge in [-0.2, -0.15) is 0 Å². The van der Waals surface area contributed by atoms with Crippen molar-refractivity contribution in [3.63, 3.8) is 0 Å². The molecule has 0 radical (unpaired) electrons. The number of aromatic nitrogens is 3. The molecule has 3 aromatic rings. The number of hydrogen-bond donors (Lipinski definition) is 2. The minimum atomic E-state index is -0.403. The number of nitrogens with one attached hydrogen (secondary N) is 2. The van der Waals surface area contributed by atoms with Gasteiger partial charge in [0.1, 0.15) is 5.75 Å². The molecule has 12 heteroatoms. The number of rotatable bonds is 9. The van der Waals surface area contributed by atoms with Gasteiger partial charge in [0.25, 0.3) is 5.91 Å². The molecular formula is C24H26ClN5O5S. The molecule has 190 valence electrons. The van der Waals surface area contributed by atoms with Crippen LogP contribution in [0.2, 0.25) is 5.02 Å². The summed E-state index contributed by atoms with van der Waals surface area (Å²) in [6.45, 7) is 4.11. The topological polar surface area (TPSA) is 117 Å². The number of benzene rings is 2. The van der Waals surface area contributed by atoms with Gasteiger partial charge in [0.05, 0.1) is 24.6 Å². The molecule has 1 aromatic heterocycles. The van der Waals surface area contributed by atoms with Gasteiger partial charge in [-0.05, 0) is 42.3 Å². The smallest absolute Gasteiger partial charge is 0.252 e. The van der Waals surface area contributed by atoms with E-state index in [1.807, 2.05) is 13.8 Å². The van der Waals surface area contributed by atoms with Crippen LogP contribution in [0.4, 0.5) is 5.69 Å². The van der Waals surface area contributed by atoms with E-state index in [2.05, 4.69) is 20.8 Å². The SMILES string of the molecule is COc1ccc(Cl)cc1NC(=O)CSc1nnc(C(NC(=O)c2ccc3c(c2)OCO3)C(C)C)n1C. The van der Waals surface area contributed by atoms with Crippen LogP contribution in [0.15, 0.2) is 41.6 Å². The van der Waals surface area contributed by atoms with E-state index in [4.69, 9.17) is 25.8 Å². The molecule has 2 heterocycles. The zero-order valence-corrected chi connectivity index (χ0v) is 21.8. The van der Waals surface area contributed by atoms with Crippen molar-refractivity contribution in [2.75, 3.05) is 25.0 Å². The molecular weight excluding hydrogens is 506 g/mol. The number of hydrogen-bond acceptors (Lipinski definition) is 8. The molecule has 36 heavy (non-hydrogen) atoms. The molecule has 4 rings (SSSR count). The fraction of sp³-hybridized carbons (Fsp3) is 0.333. The Kier molecular flexibility index (Phi) is 7.90. The first-order valence-corrected chi connectivity index (χ1v) is 12.5. The van der Waals surface area contributed by atoms with Crippen molar-refractivity contribution >= 4 is 40.9 Å². The molecule has 0 saturated carbocycles. The Bertz CT molecular complexity index is 1280. The minimum Gasteiger partial charge on any atom is -0.495 e. The lowest BCUT2D eigenvalue weighted by Gasteiger charge is -2.21. The van der Waals surface area contributed by atoms with Crippen molar-refractivity contribution in [1.82, 2.24) is 20.1 Å². The van der Waals surface area contributed by atoms with Crippen molar-refractivity contribution in [3.8, 4) is 17.2 Å². The van der Waals surface area contributed by atoms with Crippen LogP contribution < -0.4 is 24.8 Å². The van der Waals surface area contributed by atoms with Crippen molar-refractivity contribution in [2.45, 2.75) is 25.0 Å². The van der Waals surface area contributed by atoms with Crippen LogP contribution in [0.3, 0.4) is 0 Å². The van der Waals surface area contributed by atoms with Crippen LogP contribution in [-0.2, 0) is 11.8 Å². The first-order chi connectivity index (χ1) is 17.3. The molecule has 0 aliphatic carbocycles. The molecule has 1 unspecified atom stereocenters. The van der Waals surface area contributed by atoms with Crippen LogP contribution in [-0.4, -0.2) is 46.2 Å². The first-order valence-electron chi connectivity index (χ1n) is 11.1. The number of nitrogens with zero attached hydrogens (tertiary/aromatic N) is 3. The van der Waals surface area contributed by atoms with Gasteiger partial charge in [-0.15, -0.1) is 10.2 Å². The number of carbonyl (C=O) groups is 2. The van der Waals surface area contributed by atoms with Gasteiger partial charge in [-0.3, -0.25) is 9.59 Å². The maximum absolute atomic E-state index is 13.0. The zero-order valence-electron chi connectivity index (χ0n) is 20.2. The third-order valence-corrected chi connectivity index (χ3v) is 6.76. The first kappa shape index (κ1) is 25.6. The molecule has 2 amide bonds. The van der Waals surface area contributed by atoms with Gasteiger partial charge < -0.3 is 29.4 Å². The Morgan fingerprint density at radius 3 is 2.69 bits per heavy atom. The van der Waals surface area contributed by atoms with Crippen LogP contribution in [0.5, 0.6) is 17.2 Å². The average Bonchev–Trinajstić information content (AvgIpc) is 3.47. The molecule has 1 atom stereocenters. The molecule has 0 fully saturated rings. The number of carbonyl (C=O) groups excluding carboxylic acids is 2. The van der Waals surface area contributed by atoms with Crippen LogP contribution >= 0.6 is 23.4 Å². The second-order valence-corrected chi connectivity index (χ2v) is 9.72. The van der Waals surface area contributed by atoms with E-state index in [1.54, 1.807) is 48.0 Å². The Morgan fingerprint density at radius 1 is 1.17 bits per heavy atom. The summed E-state index contributed by atoms with van der Waals surface area (Å²) >= 11 is 7.26. The number of ether oxygens (including phenoxy) is 3. The number of fused-ring (bicyclic) bond motifs is 1. The van der Waals surface area contributed by atoms with E-state index in [0.717, 1.165) is 0 Å². The van der Waals surface area contributed by atoms with Crippen molar-refractivity contribution in [1.29, 1.82) is 0 Å². The normalized spacial score (nSPS) is 12.9. The summed E-state index contributed by atoms with van der Waals surface area (Å²) in [7, 11) is 3.32. The summed E-state index contributed by atoms with van der Waals surface area (Å²) in [5.74, 6) is 1.85. The molecule has 2 aromatic carbocycles. The lowest BCUT2D eigenvalue weighted by atomic mass is 10.0. The molecule has 1 aliphatic rings. The van der Waals surface area contributed by atoms with Gasteiger partial charge in [0.15, 0.2) is 22.5 Å². The van der Waals surface area contributed by atoms with Crippen LogP contribution in [0.25, 0.3) is 0 Å². The number of amides is 2. The van der Waals surface area contributed by atoms with Crippen molar-refractivity contribution in [3.05, 3.63) is 52.8 Å². The summed E-state index contributed by atoms with van der Waals surface area (Å²) in [6.07, 6.45) is 0. The number of halogens is 1. The lowest BCUT2D eigenvalue weighted by Crippen LogP contribution is -2.33. The summed E-state index contributed by atoms with van der Waals surface area (Å²) in [5, 5.41) is 15.4. The summed E-state index contributed by atoms with van der Waals surface area (Å²) in [6, 6.07) is 9.64. The average molecular weight is 532 g/mol. The van der Waals surface area contributed by atoms with Crippen molar-refractivity contribution in [2.24, 2.45) is 13.0 Å².